The molecule has 0 spiro atoms. The van der Waals surface area contributed by atoms with Gasteiger partial charge in [-0.3, -0.25) is 9.78 Å². The van der Waals surface area contributed by atoms with Gasteiger partial charge in [0.15, 0.2) is 6.29 Å². The number of aromatic amines is 1. The van der Waals surface area contributed by atoms with Crippen LogP contribution in [0.15, 0.2) is 12.3 Å². The molecular formula is C9H9Cl2FN2O. The molecule has 0 aromatic heterocycles. The number of H-pyrrole nitrogens is 1. The van der Waals surface area contributed by atoms with Crippen molar-refractivity contribution in [1.82, 2.24) is 9.97 Å². The van der Waals surface area contributed by atoms with Gasteiger partial charge in [0.05, 0.1) is 22.6 Å². The molecule has 2 rings (SSSR count). The van der Waals surface area contributed by atoms with Crippen molar-refractivity contribution in [3.05, 3.63) is 29.3 Å². The van der Waals surface area contributed by atoms with Gasteiger partial charge in [0.25, 0.3) is 0 Å². The molecule has 2 heterocycles. The van der Waals surface area contributed by atoms with Gasteiger partial charge in [-0.05, 0) is 6.92 Å². The van der Waals surface area contributed by atoms with Crippen LogP contribution in [0.2, 0.25) is 0 Å². The second kappa shape index (κ2) is 5.09. The fraction of sp³-hybridized carbons (Fsp3) is 0.111. The number of hydrogen-bond acceptors (Lipinski definition) is 2. The van der Waals surface area contributed by atoms with E-state index < -0.39 is 0 Å². The van der Waals surface area contributed by atoms with E-state index in [4.69, 9.17) is 0 Å². The maximum atomic E-state index is 12.7. The smallest absolute Gasteiger partial charge is 0.154 e. The van der Waals surface area contributed by atoms with Crippen molar-refractivity contribution in [2.45, 2.75) is 6.92 Å². The molecule has 6 heteroatoms. The van der Waals surface area contributed by atoms with E-state index in [-0.39, 0.29) is 30.6 Å². The molecule has 0 atom stereocenters. The Hall–Kier alpha value is -1.13. The molecule has 0 saturated heterocycles. The first-order valence-corrected chi connectivity index (χ1v) is 3.82. The van der Waals surface area contributed by atoms with Gasteiger partial charge in [0.2, 0.25) is 0 Å². The molecule has 0 aromatic carbocycles. The number of carbonyl (C=O) groups excluding carboxylic acids is 1. The van der Waals surface area contributed by atoms with Crippen LogP contribution in [0, 0.1) is 12.7 Å². The van der Waals surface area contributed by atoms with Gasteiger partial charge < -0.3 is 4.98 Å². The van der Waals surface area contributed by atoms with Crippen molar-refractivity contribution in [1.29, 1.82) is 0 Å². The van der Waals surface area contributed by atoms with Crippen LogP contribution in [0.1, 0.15) is 16.1 Å². The molecule has 0 radical (unpaired) electrons. The lowest BCUT2D eigenvalue weighted by molar-refractivity contribution is 0.112. The molecule has 0 amide bonds. The highest BCUT2D eigenvalue weighted by atomic mass is 35.5. The average Bonchev–Trinajstić information content (AvgIpc) is 2.39. The van der Waals surface area contributed by atoms with E-state index in [1.54, 1.807) is 6.92 Å². The SMILES string of the molecule is Cc1nc2cc(F)c[nH]c-2c1C=O.Cl.Cl. The minimum Gasteiger partial charge on any atom is -0.357 e. The fourth-order valence-electron chi connectivity index (χ4n) is 1.33. The van der Waals surface area contributed by atoms with Crippen LogP contribution in [0.5, 0.6) is 0 Å². The van der Waals surface area contributed by atoms with Crippen LogP contribution < -0.4 is 0 Å². The standard InChI is InChI=1S/C9H7FN2O.2ClH/c1-5-7(4-13)9-8(12-5)2-6(10)3-11-9;;/h2-4,11H,1H3;2*1H. The number of carbonyl (C=O) groups is 1. The molecule has 2 aliphatic rings. The van der Waals surface area contributed by atoms with Gasteiger partial charge >= 0.3 is 0 Å². The van der Waals surface area contributed by atoms with Crippen molar-refractivity contribution in [3.63, 3.8) is 0 Å². The third-order valence-electron chi connectivity index (χ3n) is 1.95. The lowest BCUT2D eigenvalue weighted by Crippen LogP contribution is -1.88. The van der Waals surface area contributed by atoms with Gasteiger partial charge in [-0.25, -0.2) is 4.39 Å². The number of pyridine rings is 1. The lowest BCUT2D eigenvalue weighted by Gasteiger charge is -1.97. The highest BCUT2D eigenvalue weighted by Crippen LogP contribution is 2.24. The zero-order valence-corrected chi connectivity index (χ0v) is 9.41. The summed E-state index contributed by atoms with van der Waals surface area (Å²) in [5.41, 5.74) is 2.19. The number of halogens is 3. The number of nitrogens with zero attached hydrogens (tertiary/aromatic N) is 1. The Morgan fingerprint density at radius 1 is 1.47 bits per heavy atom. The molecular weight excluding hydrogens is 242 g/mol. The highest BCUT2D eigenvalue weighted by Gasteiger charge is 2.15. The minimum absolute atomic E-state index is 0. The lowest BCUT2D eigenvalue weighted by atomic mass is 10.2. The summed E-state index contributed by atoms with van der Waals surface area (Å²) in [5, 5.41) is 0. The minimum atomic E-state index is -0.387. The highest BCUT2D eigenvalue weighted by molar-refractivity contribution is 5.87. The molecule has 2 aliphatic heterocycles. The first-order valence-electron chi connectivity index (χ1n) is 3.82. The van der Waals surface area contributed by atoms with Crippen molar-refractivity contribution in [3.8, 4) is 11.4 Å². The summed E-state index contributed by atoms with van der Waals surface area (Å²) in [6.45, 7) is 1.72. The Kier molecular flexibility index (Phi) is 4.71. The molecule has 0 fully saturated rings. The Bertz CT molecular complexity index is 444. The molecule has 0 bridgehead atoms. The molecule has 1 N–H and O–H groups in total. The average molecular weight is 251 g/mol. The number of aryl methyl sites for hydroxylation is 1. The molecule has 3 nitrogen and oxygen atoms in total. The predicted molar refractivity (Wildman–Crippen MR) is 59.8 cm³/mol. The van der Waals surface area contributed by atoms with Crippen LogP contribution in [0.4, 0.5) is 4.39 Å². The van der Waals surface area contributed by atoms with Gasteiger partial charge in [-0.1, -0.05) is 0 Å². The molecule has 0 unspecified atom stereocenters. The first kappa shape index (κ1) is 13.9. The zero-order chi connectivity index (χ0) is 9.42. The summed E-state index contributed by atoms with van der Waals surface area (Å²) >= 11 is 0. The molecule has 0 aliphatic carbocycles. The molecule has 0 aromatic rings. The summed E-state index contributed by atoms with van der Waals surface area (Å²) in [7, 11) is 0. The third-order valence-corrected chi connectivity index (χ3v) is 1.95. The number of aromatic nitrogens is 2. The molecule has 0 saturated carbocycles. The normalized spacial score (nSPS) is 9.20. The van der Waals surface area contributed by atoms with Crippen LogP contribution >= 0.6 is 24.8 Å². The second-order valence-corrected chi connectivity index (χ2v) is 2.81. The van der Waals surface area contributed by atoms with E-state index >= 15 is 0 Å². The maximum Gasteiger partial charge on any atom is 0.154 e. The van der Waals surface area contributed by atoms with Crippen molar-refractivity contribution >= 4 is 31.1 Å². The third kappa shape index (κ3) is 2.27. The van der Waals surface area contributed by atoms with Crippen molar-refractivity contribution in [2.75, 3.05) is 0 Å². The van der Waals surface area contributed by atoms with E-state index in [9.17, 15) is 9.18 Å². The van der Waals surface area contributed by atoms with Crippen LogP contribution in [-0.2, 0) is 0 Å². The van der Waals surface area contributed by atoms with Crippen molar-refractivity contribution in [2.24, 2.45) is 0 Å². The summed E-state index contributed by atoms with van der Waals surface area (Å²) in [4.78, 5) is 17.4. The van der Waals surface area contributed by atoms with Gasteiger partial charge in [-0.2, -0.15) is 0 Å². The summed E-state index contributed by atoms with van der Waals surface area (Å²) in [6.07, 6.45) is 1.93. The van der Waals surface area contributed by atoms with Gasteiger partial charge in [0, 0.05) is 12.3 Å². The van der Waals surface area contributed by atoms with Crippen molar-refractivity contribution < 1.29 is 9.18 Å². The summed E-state index contributed by atoms with van der Waals surface area (Å²) in [6, 6.07) is 1.30. The quantitative estimate of drug-likeness (QED) is 0.792. The first-order chi connectivity index (χ1) is 6.22. The monoisotopic (exact) mass is 250 g/mol. The Labute approximate surface area is 98.3 Å². The van der Waals surface area contributed by atoms with Crippen LogP contribution in [-0.4, -0.2) is 16.3 Å². The summed E-state index contributed by atoms with van der Waals surface area (Å²) < 4.78 is 12.7. The Morgan fingerprint density at radius 3 is 2.73 bits per heavy atom. The Morgan fingerprint density at radius 2 is 2.13 bits per heavy atom. The zero-order valence-electron chi connectivity index (χ0n) is 7.78. The number of rotatable bonds is 1. The molecule has 82 valence electrons. The fourth-order valence-corrected chi connectivity index (χ4v) is 1.33. The Balaban J connectivity index is 0.000000980. The number of nitrogens with one attached hydrogen (secondary N) is 1. The molecule has 15 heavy (non-hydrogen) atoms. The van der Waals surface area contributed by atoms with E-state index in [1.165, 1.54) is 12.3 Å². The summed E-state index contributed by atoms with van der Waals surface area (Å²) in [5.74, 6) is -0.387. The van der Waals surface area contributed by atoms with E-state index in [2.05, 4.69) is 9.97 Å². The largest absolute Gasteiger partial charge is 0.357 e. The van der Waals surface area contributed by atoms with E-state index in [0.29, 0.717) is 22.6 Å². The number of aldehydes is 1. The number of fused-ring (bicyclic) bond motifs is 1. The van der Waals surface area contributed by atoms with Crippen LogP contribution in [0.3, 0.4) is 0 Å². The number of hydrogen-bond donors (Lipinski definition) is 1. The maximum absolute atomic E-state index is 12.7. The second-order valence-electron chi connectivity index (χ2n) is 2.81. The van der Waals surface area contributed by atoms with E-state index in [0.717, 1.165) is 6.29 Å². The topological polar surface area (TPSA) is 45.8 Å². The van der Waals surface area contributed by atoms with Crippen LogP contribution in [0.25, 0.3) is 11.4 Å². The van der Waals surface area contributed by atoms with Gasteiger partial charge in [-0.15, -0.1) is 24.8 Å². The predicted octanol–water partition coefficient (Wildman–Crippen LogP) is 2.62. The van der Waals surface area contributed by atoms with E-state index in [1.807, 2.05) is 0 Å². The van der Waals surface area contributed by atoms with Gasteiger partial charge in [0.1, 0.15) is 5.82 Å².